The van der Waals surface area contributed by atoms with Crippen LogP contribution in [0.1, 0.15) is 5.69 Å². The molecule has 0 saturated carbocycles. The molecule has 1 heterocycles. The number of hydrogen-bond acceptors (Lipinski definition) is 4. The topological polar surface area (TPSA) is 49.8 Å². The first kappa shape index (κ1) is 16.1. The van der Waals surface area contributed by atoms with Crippen LogP contribution in [0.15, 0.2) is 24.3 Å². The monoisotopic (exact) mass is 428 g/mol. The Kier molecular flexibility index (Phi) is 4.77. The van der Waals surface area contributed by atoms with Gasteiger partial charge < -0.3 is 10.6 Å². The molecule has 4 nitrogen and oxygen atoms in total. The molecule has 0 atom stereocenters. The van der Waals surface area contributed by atoms with Crippen molar-refractivity contribution in [2.24, 2.45) is 0 Å². The van der Waals surface area contributed by atoms with Gasteiger partial charge in [-0.05, 0) is 40.8 Å². The Bertz CT molecular complexity index is 663. The largest absolute Gasteiger partial charge is 0.433 e. The van der Waals surface area contributed by atoms with Gasteiger partial charge in [-0.25, -0.2) is 4.98 Å². The van der Waals surface area contributed by atoms with Crippen molar-refractivity contribution in [3.63, 3.8) is 0 Å². The fourth-order valence-corrected chi connectivity index (χ4v) is 2.40. The summed E-state index contributed by atoms with van der Waals surface area (Å²) in [6.07, 6.45) is -4.55. The smallest absolute Gasteiger partial charge is 0.357 e. The van der Waals surface area contributed by atoms with E-state index in [1.54, 1.807) is 18.2 Å². The summed E-state index contributed by atoms with van der Waals surface area (Å²) in [4.78, 5) is 7.31. The minimum absolute atomic E-state index is 0.00443. The molecular weight excluding hydrogens is 420 g/mol. The van der Waals surface area contributed by atoms with Gasteiger partial charge in [-0.2, -0.15) is 18.2 Å². The maximum atomic E-state index is 12.8. The molecule has 0 radical (unpaired) electrons. The number of halogens is 5. The zero-order valence-corrected chi connectivity index (χ0v) is 13.5. The third kappa shape index (κ3) is 4.10. The van der Waals surface area contributed by atoms with Crippen LogP contribution in [0.4, 0.5) is 30.6 Å². The molecule has 1 aromatic heterocycles. The van der Waals surface area contributed by atoms with Gasteiger partial charge in [-0.15, -0.1) is 0 Å². The first-order valence-corrected chi connectivity index (χ1v) is 7.11. The second kappa shape index (κ2) is 6.22. The first-order valence-electron chi connectivity index (χ1n) is 5.65. The van der Waals surface area contributed by atoms with Gasteiger partial charge in [-0.1, -0.05) is 11.6 Å². The maximum absolute atomic E-state index is 12.8. The maximum Gasteiger partial charge on any atom is 0.433 e. The lowest BCUT2D eigenvalue weighted by atomic mass is 10.3. The summed E-state index contributed by atoms with van der Waals surface area (Å²) in [5, 5.41) is 5.64. The van der Waals surface area contributed by atoms with E-state index in [1.807, 2.05) is 0 Å². The summed E-state index contributed by atoms with van der Waals surface area (Å²) in [5.74, 6) is -0.126. The molecule has 0 aliphatic rings. The summed E-state index contributed by atoms with van der Waals surface area (Å²) in [6, 6.07) is 5.96. The summed E-state index contributed by atoms with van der Waals surface area (Å²) in [6.45, 7) is 0. The molecule has 0 aliphatic heterocycles. The first-order chi connectivity index (χ1) is 9.79. The molecule has 1 aromatic carbocycles. The SMILES string of the molecule is CNc1nc(Nc2ccc(I)cc2Cl)cc(C(F)(F)F)n1. The number of nitrogens with one attached hydrogen (secondary N) is 2. The summed E-state index contributed by atoms with van der Waals surface area (Å²) in [7, 11) is 1.44. The van der Waals surface area contributed by atoms with E-state index < -0.39 is 11.9 Å². The van der Waals surface area contributed by atoms with Crippen LogP contribution >= 0.6 is 34.2 Å². The van der Waals surface area contributed by atoms with Crippen LogP contribution < -0.4 is 10.6 Å². The van der Waals surface area contributed by atoms with Crippen LogP contribution in [0.25, 0.3) is 0 Å². The molecule has 2 aromatic rings. The second-order valence-corrected chi connectivity index (χ2v) is 5.61. The molecule has 112 valence electrons. The van der Waals surface area contributed by atoms with Crippen molar-refractivity contribution >= 4 is 51.6 Å². The highest BCUT2D eigenvalue weighted by Gasteiger charge is 2.33. The van der Waals surface area contributed by atoms with E-state index in [0.717, 1.165) is 9.64 Å². The standard InChI is InChI=1S/C12H9ClF3IN4/c1-18-11-20-9(12(14,15)16)5-10(21-11)19-8-3-2-6(17)4-7(8)13/h2-5H,1H3,(H2,18,19,20,21). The van der Waals surface area contributed by atoms with Crippen molar-refractivity contribution in [3.8, 4) is 0 Å². The molecule has 0 aliphatic carbocycles. The molecule has 0 fully saturated rings. The van der Waals surface area contributed by atoms with Gasteiger partial charge in [-0.3, -0.25) is 0 Å². The Labute approximate surface area is 137 Å². The Morgan fingerprint density at radius 1 is 1.19 bits per heavy atom. The zero-order valence-electron chi connectivity index (χ0n) is 10.6. The molecular formula is C12H9ClF3IN4. The predicted molar refractivity (Wildman–Crippen MR) is 84.0 cm³/mol. The van der Waals surface area contributed by atoms with Gasteiger partial charge in [0.1, 0.15) is 5.82 Å². The van der Waals surface area contributed by atoms with Gasteiger partial charge in [0.15, 0.2) is 5.69 Å². The van der Waals surface area contributed by atoms with E-state index in [4.69, 9.17) is 11.6 Å². The van der Waals surface area contributed by atoms with Gasteiger partial charge >= 0.3 is 6.18 Å². The number of hydrogen-bond donors (Lipinski definition) is 2. The summed E-state index contributed by atoms with van der Waals surface area (Å²) < 4.78 is 39.3. The summed E-state index contributed by atoms with van der Waals surface area (Å²) >= 11 is 8.12. The van der Waals surface area contributed by atoms with Crippen molar-refractivity contribution in [2.45, 2.75) is 6.18 Å². The number of anilines is 3. The van der Waals surface area contributed by atoms with Gasteiger partial charge in [0.25, 0.3) is 0 Å². The third-order valence-corrected chi connectivity index (χ3v) is 3.42. The van der Waals surface area contributed by atoms with E-state index >= 15 is 0 Å². The molecule has 0 saturated heterocycles. The third-order valence-electron chi connectivity index (χ3n) is 2.43. The average molecular weight is 429 g/mol. The lowest BCUT2D eigenvalue weighted by Gasteiger charge is -2.12. The number of rotatable bonds is 3. The number of nitrogens with zero attached hydrogens (tertiary/aromatic N) is 2. The van der Waals surface area contributed by atoms with Crippen molar-refractivity contribution in [2.75, 3.05) is 17.7 Å². The lowest BCUT2D eigenvalue weighted by molar-refractivity contribution is -0.141. The minimum Gasteiger partial charge on any atom is -0.357 e. The van der Waals surface area contributed by atoms with Gasteiger partial charge in [0.05, 0.1) is 10.7 Å². The molecule has 2 rings (SSSR count). The van der Waals surface area contributed by atoms with Crippen molar-refractivity contribution in [1.82, 2.24) is 9.97 Å². The number of alkyl halides is 3. The van der Waals surface area contributed by atoms with Gasteiger partial charge in [0.2, 0.25) is 5.95 Å². The summed E-state index contributed by atoms with van der Waals surface area (Å²) in [5.41, 5.74) is -0.572. The average Bonchev–Trinajstić information content (AvgIpc) is 2.40. The van der Waals surface area contributed by atoms with E-state index in [9.17, 15) is 13.2 Å². The van der Waals surface area contributed by atoms with Gasteiger partial charge in [0, 0.05) is 16.7 Å². The number of aromatic nitrogens is 2. The molecule has 9 heteroatoms. The number of benzene rings is 1. The molecule has 2 N–H and O–H groups in total. The predicted octanol–water partition coefficient (Wildman–Crippen LogP) is 4.54. The Morgan fingerprint density at radius 3 is 2.48 bits per heavy atom. The van der Waals surface area contributed by atoms with E-state index in [2.05, 4.69) is 43.2 Å². The van der Waals surface area contributed by atoms with Crippen LogP contribution in [0, 0.1) is 3.57 Å². The highest BCUT2D eigenvalue weighted by atomic mass is 127. The zero-order chi connectivity index (χ0) is 15.6. The van der Waals surface area contributed by atoms with Crippen molar-refractivity contribution in [3.05, 3.63) is 38.6 Å². The normalized spacial score (nSPS) is 11.3. The highest BCUT2D eigenvalue weighted by Crippen LogP contribution is 2.31. The Balaban J connectivity index is 2.39. The van der Waals surface area contributed by atoms with Crippen LogP contribution in [0.5, 0.6) is 0 Å². The van der Waals surface area contributed by atoms with Crippen molar-refractivity contribution in [1.29, 1.82) is 0 Å². The van der Waals surface area contributed by atoms with Crippen LogP contribution in [-0.4, -0.2) is 17.0 Å². The molecule has 0 unspecified atom stereocenters. The van der Waals surface area contributed by atoms with Crippen LogP contribution in [-0.2, 0) is 6.18 Å². The minimum atomic E-state index is -4.55. The molecule has 0 amide bonds. The molecule has 21 heavy (non-hydrogen) atoms. The second-order valence-electron chi connectivity index (χ2n) is 3.96. The van der Waals surface area contributed by atoms with Crippen LogP contribution in [0.2, 0.25) is 5.02 Å². The lowest BCUT2D eigenvalue weighted by Crippen LogP contribution is -2.12. The molecule has 0 spiro atoms. The fourth-order valence-electron chi connectivity index (χ4n) is 1.50. The Hall–Kier alpha value is -1.29. The van der Waals surface area contributed by atoms with Crippen molar-refractivity contribution < 1.29 is 13.2 Å². The van der Waals surface area contributed by atoms with Crippen LogP contribution in [0.3, 0.4) is 0 Å². The Morgan fingerprint density at radius 2 is 1.90 bits per heavy atom. The fraction of sp³-hybridized carbons (Fsp3) is 0.167. The quantitative estimate of drug-likeness (QED) is 0.705. The molecule has 0 bridgehead atoms. The van der Waals surface area contributed by atoms with E-state index in [-0.39, 0.29) is 11.8 Å². The van der Waals surface area contributed by atoms with E-state index in [0.29, 0.717) is 10.7 Å². The highest BCUT2D eigenvalue weighted by molar-refractivity contribution is 14.1. The van der Waals surface area contributed by atoms with E-state index in [1.165, 1.54) is 7.05 Å².